The van der Waals surface area contributed by atoms with Crippen molar-refractivity contribution in [3.63, 3.8) is 0 Å². The van der Waals surface area contributed by atoms with Gasteiger partial charge >= 0.3 is 5.97 Å². The van der Waals surface area contributed by atoms with Crippen LogP contribution in [0.2, 0.25) is 0 Å². The summed E-state index contributed by atoms with van der Waals surface area (Å²) in [5.41, 5.74) is 0.359. The van der Waals surface area contributed by atoms with Gasteiger partial charge in [-0.05, 0) is 31.2 Å². The summed E-state index contributed by atoms with van der Waals surface area (Å²) in [6, 6.07) is 7.60. The molecule has 25 heavy (non-hydrogen) atoms. The number of benzene rings is 1. The number of hydrogen-bond donors (Lipinski definition) is 0. The van der Waals surface area contributed by atoms with Gasteiger partial charge in [-0.1, -0.05) is 0 Å². The molecule has 1 aliphatic rings. The molecule has 0 aliphatic carbocycles. The highest BCUT2D eigenvalue weighted by Crippen LogP contribution is 2.26. The van der Waals surface area contributed by atoms with Crippen LogP contribution in [0.25, 0.3) is 0 Å². The highest BCUT2D eigenvalue weighted by atomic mass is 16.6. The van der Waals surface area contributed by atoms with Crippen LogP contribution in [-0.4, -0.2) is 28.2 Å². The van der Waals surface area contributed by atoms with Crippen molar-refractivity contribution in [2.75, 3.05) is 6.54 Å². The van der Waals surface area contributed by atoms with Crippen LogP contribution in [0, 0.1) is 23.0 Å². The third-order valence-corrected chi connectivity index (χ3v) is 4.06. The first kappa shape index (κ1) is 16.7. The van der Waals surface area contributed by atoms with Gasteiger partial charge in [0.05, 0.1) is 23.6 Å². The molecule has 3 rings (SSSR count). The number of ether oxygens (including phenoxy) is 1. The van der Waals surface area contributed by atoms with E-state index >= 15 is 0 Å². The second kappa shape index (κ2) is 6.76. The van der Waals surface area contributed by atoms with Crippen molar-refractivity contribution in [2.45, 2.75) is 19.9 Å². The van der Waals surface area contributed by atoms with E-state index < -0.39 is 16.8 Å². The van der Waals surface area contributed by atoms with E-state index in [4.69, 9.17) is 9.15 Å². The van der Waals surface area contributed by atoms with Crippen molar-refractivity contribution in [2.24, 2.45) is 5.92 Å². The topological polar surface area (TPSA) is 103 Å². The number of carbonyl (C=O) groups is 2. The van der Waals surface area contributed by atoms with Gasteiger partial charge in [-0.2, -0.15) is 0 Å². The summed E-state index contributed by atoms with van der Waals surface area (Å²) >= 11 is 0. The second-order valence-electron chi connectivity index (χ2n) is 5.88. The van der Waals surface area contributed by atoms with Gasteiger partial charge in [0, 0.05) is 24.6 Å². The molecule has 1 aromatic carbocycles. The van der Waals surface area contributed by atoms with Crippen molar-refractivity contribution >= 4 is 17.6 Å². The number of nitrogens with zero attached hydrogens (tertiary/aromatic N) is 2. The summed E-state index contributed by atoms with van der Waals surface area (Å²) in [6.45, 7) is 2.14. The number of aryl methyl sites for hydroxylation is 1. The standard InChI is InChI=1S/C17H16N2O6/c1-11-7-13(4-5-15(11)19(22)23)25-17(21)12-8-16(20)18(9-12)10-14-3-2-6-24-14/h2-7,12H,8-10H2,1H3. The van der Waals surface area contributed by atoms with E-state index in [9.17, 15) is 19.7 Å². The second-order valence-corrected chi connectivity index (χ2v) is 5.88. The van der Waals surface area contributed by atoms with Crippen LogP contribution in [0.5, 0.6) is 5.75 Å². The van der Waals surface area contributed by atoms with E-state index in [1.165, 1.54) is 24.5 Å². The van der Waals surface area contributed by atoms with Crippen LogP contribution in [0.15, 0.2) is 41.0 Å². The summed E-state index contributed by atoms with van der Waals surface area (Å²) in [5, 5.41) is 10.8. The van der Waals surface area contributed by atoms with Crippen LogP contribution in [0.4, 0.5) is 5.69 Å². The zero-order valence-electron chi connectivity index (χ0n) is 13.5. The van der Waals surface area contributed by atoms with Crippen LogP contribution < -0.4 is 4.74 Å². The number of carbonyl (C=O) groups excluding carboxylic acids is 2. The summed E-state index contributed by atoms with van der Waals surface area (Å²) < 4.78 is 10.5. The minimum absolute atomic E-state index is 0.0412. The van der Waals surface area contributed by atoms with Crippen LogP contribution in [0.1, 0.15) is 17.7 Å². The molecule has 2 aromatic rings. The van der Waals surface area contributed by atoms with Gasteiger partial charge in [0.1, 0.15) is 11.5 Å². The smallest absolute Gasteiger partial charge is 0.316 e. The summed E-state index contributed by atoms with van der Waals surface area (Å²) in [7, 11) is 0. The molecule has 2 heterocycles. The molecule has 1 fully saturated rings. The zero-order valence-corrected chi connectivity index (χ0v) is 13.5. The monoisotopic (exact) mass is 344 g/mol. The molecule has 1 aliphatic heterocycles. The fraction of sp³-hybridized carbons (Fsp3) is 0.294. The Morgan fingerprint density at radius 1 is 1.44 bits per heavy atom. The molecular weight excluding hydrogens is 328 g/mol. The lowest BCUT2D eigenvalue weighted by Crippen LogP contribution is -2.27. The Bertz CT molecular complexity index is 815. The quantitative estimate of drug-likeness (QED) is 0.357. The Labute approximate surface area is 143 Å². The van der Waals surface area contributed by atoms with E-state index in [-0.39, 0.29) is 30.3 Å². The van der Waals surface area contributed by atoms with E-state index in [2.05, 4.69) is 0 Å². The van der Waals surface area contributed by atoms with Gasteiger partial charge in [-0.3, -0.25) is 19.7 Å². The molecule has 0 spiro atoms. The van der Waals surface area contributed by atoms with Crippen LogP contribution in [-0.2, 0) is 16.1 Å². The van der Waals surface area contributed by atoms with Crippen molar-refractivity contribution in [3.05, 3.63) is 58.0 Å². The normalized spacial score (nSPS) is 16.9. The molecule has 1 aromatic heterocycles. The van der Waals surface area contributed by atoms with E-state index in [1.807, 2.05) is 0 Å². The fourth-order valence-corrected chi connectivity index (χ4v) is 2.77. The lowest BCUT2D eigenvalue weighted by molar-refractivity contribution is -0.385. The number of amides is 1. The number of hydrogen-bond acceptors (Lipinski definition) is 6. The van der Waals surface area contributed by atoms with Crippen molar-refractivity contribution in [1.29, 1.82) is 0 Å². The molecule has 8 heteroatoms. The maximum atomic E-state index is 12.3. The Morgan fingerprint density at radius 2 is 2.24 bits per heavy atom. The Hall–Kier alpha value is -3.16. The lowest BCUT2D eigenvalue weighted by Gasteiger charge is -2.14. The molecule has 1 amide bonds. The number of nitro groups is 1. The first-order valence-corrected chi connectivity index (χ1v) is 7.71. The third-order valence-electron chi connectivity index (χ3n) is 4.06. The molecule has 0 saturated carbocycles. The van der Waals surface area contributed by atoms with Gasteiger partial charge < -0.3 is 14.1 Å². The first-order chi connectivity index (χ1) is 11.9. The van der Waals surface area contributed by atoms with E-state index in [0.717, 1.165) is 0 Å². The predicted molar refractivity (Wildman–Crippen MR) is 85.7 cm³/mol. The average Bonchev–Trinajstić information content (AvgIpc) is 3.18. The van der Waals surface area contributed by atoms with Crippen molar-refractivity contribution in [1.82, 2.24) is 4.90 Å². The van der Waals surface area contributed by atoms with Gasteiger partial charge in [0.2, 0.25) is 5.91 Å². The SMILES string of the molecule is Cc1cc(OC(=O)C2CC(=O)N(Cc3ccco3)C2)ccc1[N+](=O)[O-]. The highest BCUT2D eigenvalue weighted by Gasteiger charge is 2.36. The van der Waals surface area contributed by atoms with Gasteiger partial charge in [-0.25, -0.2) is 0 Å². The molecule has 1 atom stereocenters. The summed E-state index contributed by atoms with van der Waals surface area (Å²) in [4.78, 5) is 36.2. The van der Waals surface area contributed by atoms with Gasteiger partial charge in [-0.15, -0.1) is 0 Å². The molecule has 0 bridgehead atoms. The van der Waals surface area contributed by atoms with Crippen LogP contribution in [0.3, 0.4) is 0 Å². The highest BCUT2D eigenvalue weighted by molar-refractivity contribution is 5.87. The molecule has 1 saturated heterocycles. The van der Waals surface area contributed by atoms with Crippen LogP contribution >= 0.6 is 0 Å². The minimum Gasteiger partial charge on any atom is -0.467 e. The zero-order chi connectivity index (χ0) is 18.0. The Kier molecular flexibility index (Phi) is 4.51. The summed E-state index contributed by atoms with van der Waals surface area (Å²) in [6.07, 6.45) is 1.60. The third kappa shape index (κ3) is 3.68. The van der Waals surface area contributed by atoms with Crippen molar-refractivity contribution in [3.8, 4) is 5.75 Å². The molecule has 0 radical (unpaired) electrons. The number of esters is 1. The minimum atomic E-state index is -0.571. The maximum absolute atomic E-state index is 12.3. The fourth-order valence-electron chi connectivity index (χ4n) is 2.77. The van der Waals surface area contributed by atoms with Crippen molar-refractivity contribution < 1.29 is 23.7 Å². The van der Waals surface area contributed by atoms with E-state index in [1.54, 1.807) is 24.0 Å². The molecule has 8 nitrogen and oxygen atoms in total. The summed E-state index contributed by atoms with van der Waals surface area (Å²) in [5.74, 6) is -0.363. The molecule has 1 unspecified atom stereocenters. The molecule has 0 N–H and O–H groups in total. The predicted octanol–water partition coefficient (Wildman–Crippen LogP) is 2.45. The Morgan fingerprint density at radius 3 is 2.88 bits per heavy atom. The van der Waals surface area contributed by atoms with Gasteiger partial charge in [0.15, 0.2) is 0 Å². The largest absolute Gasteiger partial charge is 0.467 e. The van der Waals surface area contributed by atoms with Gasteiger partial charge in [0.25, 0.3) is 5.69 Å². The molecule has 130 valence electrons. The number of furan rings is 1. The van der Waals surface area contributed by atoms with E-state index in [0.29, 0.717) is 17.9 Å². The lowest BCUT2D eigenvalue weighted by atomic mass is 10.1. The Balaban J connectivity index is 1.63. The maximum Gasteiger partial charge on any atom is 0.316 e. The number of rotatable bonds is 5. The number of likely N-dealkylation sites (tertiary alicyclic amines) is 1. The molecular formula is C17H16N2O6. The first-order valence-electron chi connectivity index (χ1n) is 7.71. The number of nitro benzene ring substituents is 1. The average molecular weight is 344 g/mol.